The lowest BCUT2D eigenvalue weighted by Gasteiger charge is -2.48. The van der Waals surface area contributed by atoms with Crippen LogP contribution >= 0.6 is 11.6 Å². The molecule has 0 N–H and O–H groups in total. The Balaban J connectivity index is 1.81. The maximum Gasteiger partial charge on any atom is 0.143 e. The van der Waals surface area contributed by atoms with E-state index >= 15 is 0 Å². The van der Waals surface area contributed by atoms with Crippen molar-refractivity contribution in [1.29, 1.82) is 0 Å². The first-order valence-electron chi connectivity index (χ1n) is 11.0. The third kappa shape index (κ3) is 4.55. The fourth-order valence-corrected chi connectivity index (χ4v) is 5.09. The van der Waals surface area contributed by atoms with Gasteiger partial charge in [0.05, 0.1) is 19.4 Å². The van der Waals surface area contributed by atoms with Crippen LogP contribution in [0.5, 0.6) is 11.5 Å². The van der Waals surface area contributed by atoms with E-state index in [0.29, 0.717) is 17.7 Å². The molecule has 1 saturated carbocycles. The van der Waals surface area contributed by atoms with Crippen molar-refractivity contribution in [2.24, 2.45) is 0 Å². The lowest BCUT2D eigenvalue weighted by molar-refractivity contribution is 0.0903. The van der Waals surface area contributed by atoms with Crippen molar-refractivity contribution in [3.63, 3.8) is 0 Å². The van der Waals surface area contributed by atoms with Crippen LogP contribution in [0.2, 0.25) is 5.02 Å². The second kappa shape index (κ2) is 9.93. The van der Waals surface area contributed by atoms with Gasteiger partial charge >= 0.3 is 0 Å². The van der Waals surface area contributed by atoms with E-state index in [0.717, 1.165) is 49.4 Å². The van der Waals surface area contributed by atoms with E-state index in [-0.39, 0.29) is 5.54 Å². The molecule has 2 aromatic carbocycles. The molecule has 0 atom stereocenters. The molecule has 0 unspecified atom stereocenters. The molecule has 1 aliphatic carbocycles. The van der Waals surface area contributed by atoms with Gasteiger partial charge in [-0.1, -0.05) is 23.7 Å². The average molecular weight is 431 g/mol. The van der Waals surface area contributed by atoms with Crippen molar-refractivity contribution >= 4 is 17.3 Å². The second-order valence-corrected chi connectivity index (χ2v) is 8.65. The summed E-state index contributed by atoms with van der Waals surface area (Å²) in [6, 6.07) is 15.1. The number of nitrogens with zero attached hydrogens (tertiary/aromatic N) is 2. The minimum atomic E-state index is 0.0603. The lowest BCUT2D eigenvalue weighted by atomic mass is 9.73. The van der Waals surface area contributed by atoms with Gasteiger partial charge in [-0.2, -0.15) is 0 Å². The Morgan fingerprint density at radius 1 is 1.03 bits per heavy atom. The predicted octanol–water partition coefficient (Wildman–Crippen LogP) is 5.97. The molecule has 0 spiro atoms. The van der Waals surface area contributed by atoms with Gasteiger partial charge in [-0.15, -0.1) is 0 Å². The number of anilines is 1. The Bertz CT molecular complexity index is 814. The number of methoxy groups -OCH3 is 1. The quantitative estimate of drug-likeness (QED) is 0.514. The van der Waals surface area contributed by atoms with Crippen molar-refractivity contribution in [2.45, 2.75) is 51.1 Å². The van der Waals surface area contributed by atoms with Crippen molar-refractivity contribution in [3.05, 3.63) is 53.1 Å². The fraction of sp³-hybridized carbons (Fsp3) is 0.520. The van der Waals surface area contributed by atoms with E-state index in [4.69, 9.17) is 21.1 Å². The molecule has 4 nitrogen and oxygen atoms in total. The van der Waals surface area contributed by atoms with Crippen LogP contribution in [0.3, 0.4) is 0 Å². The van der Waals surface area contributed by atoms with Crippen LogP contribution in [0.4, 0.5) is 5.69 Å². The normalized spacial score (nSPS) is 21.5. The van der Waals surface area contributed by atoms with Crippen molar-refractivity contribution in [2.75, 3.05) is 39.3 Å². The molecule has 5 heteroatoms. The highest BCUT2D eigenvalue weighted by molar-refractivity contribution is 6.30. The first kappa shape index (κ1) is 22.8. The van der Waals surface area contributed by atoms with E-state index in [1.807, 2.05) is 19.1 Å². The van der Waals surface area contributed by atoms with E-state index in [1.165, 1.54) is 5.56 Å². The number of halogens is 1. The summed E-state index contributed by atoms with van der Waals surface area (Å²) in [6.45, 7) is 5.88. The molecule has 0 radical (unpaired) electrons. The third-order valence-electron chi connectivity index (χ3n) is 6.57. The fourth-order valence-electron chi connectivity index (χ4n) is 4.93. The first-order chi connectivity index (χ1) is 14.4. The Hall–Kier alpha value is -1.91. The molecule has 2 aromatic rings. The summed E-state index contributed by atoms with van der Waals surface area (Å²) < 4.78 is 11.3. The Labute approximate surface area is 186 Å². The zero-order valence-electron chi connectivity index (χ0n) is 19.0. The molecule has 1 aliphatic rings. The van der Waals surface area contributed by atoms with Gasteiger partial charge in [0.1, 0.15) is 11.5 Å². The highest BCUT2D eigenvalue weighted by Gasteiger charge is 2.40. The second-order valence-electron chi connectivity index (χ2n) is 8.22. The van der Waals surface area contributed by atoms with E-state index in [2.05, 4.69) is 61.2 Å². The van der Waals surface area contributed by atoms with E-state index in [9.17, 15) is 0 Å². The molecule has 0 heterocycles. The first-order valence-corrected chi connectivity index (χ1v) is 11.3. The van der Waals surface area contributed by atoms with Gasteiger partial charge in [0.2, 0.25) is 0 Å². The number of ether oxygens (including phenoxy) is 2. The largest absolute Gasteiger partial charge is 0.495 e. The molecule has 0 bridgehead atoms. The highest BCUT2D eigenvalue weighted by Crippen LogP contribution is 2.44. The molecule has 0 aliphatic heterocycles. The SMILES string of the molecule is CCOc1ccc(C2(N(C)C)CCC(N(CC)c3ccc(Cl)cc3OC)CC2)cc1. The van der Waals surface area contributed by atoms with Gasteiger partial charge in [-0.3, -0.25) is 4.90 Å². The molecule has 3 rings (SSSR count). The van der Waals surface area contributed by atoms with Gasteiger partial charge in [-0.05, 0) is 83.5 Å². The smallest absolute Gasteiger partial charge is 0.143 e. The minimum Gasteiger partial charge on any atom is -0.495 e. The Morgan fingerprint density at radius 2 is 1.70 bits per heavy atom. The van der Waals surface area contributed by atoms with Crippen molar-refractivity contribution < 1.29 is 9.47 Å². The molecule has 0 saturated heterocycles. The van der Waals surface area contributed by atoms with E-state index in [1.54, 1.807) is 7.11 Å². The molecule has 0 aromatic heterocycles. The van der Waals surface area contributed by atoms with Gasteiger partial charge in [-0.25, -0.2) is 0 Å². The number of hydrogen-bond acceptors (Lipinski definition) is 4. The van der Waals surface area contributed by atoms with E-state index < -0.39 is 0 Å². The standard InChI is InChI=1S/C25H35ClN2O2/c1-6-28(23-13-10-20(26)18-24(23)29-5)21-14-16-25(17-15-21,27(3)4)19-8-11-22(12-9-19)30-7-2/h8-13,18,21H,6-7,14-17H2,1-5H3. The minimum absolute atomic E-state index is 0.0603. The lowest BCUT2D eigenvalue weighted by Crippen LogP contribution is -2.49. The van der Waals surface area contributed by atoms with Crippen LogP contribution in [0, 0.1) is 0 Å². The van der Waals surface area contributed by atoms with Crippen LogP contribution in [0.15, 0.2) is 42.5 Å². The molecular formula is C25H35ClN2O2. The highest BCUT2D eigenvalue weighted by atomic mass is 35.5. The Kier molecular flexibility index (Phi) is 7.54. The predicted molar refractivity (Wildman–Crippen MR) is 126 cm³/mol. The van der Waals surface area contributed by atoms with Gasteiger partial charge < -0.3 is 14.4 Å². The Morgan fingerprint density at radius 3 is 2.23 bits per heavy atom. The summed E-state index contributed by atoms with van der Waals surface area (Å²) in [6.07, 6.45) is 4.49. The van der Waals surface area contributed by atoms with Crippen molar-refractivity contribution in [3.8, 4) is 11.5 Å². The summed E-state index contributed by atoms with van der Waals surface area (Å²) in [5.41, 5.74) is 2.57. The topological polar surface area (TPSA) is 24.9 Å². The molecule has 30 heavy (non-hydrogen) atoms. The molecule has 164 valence electrons. The van der Waals surface area contributed by atoms with Gasteiger partial charge in [0.15, 0.2) is 0 Å². The van der Waals surface area contributed by atoms with Gasteiger partial charge in [0.25, 0.3) is 0 Å². The van der Waals surface area contributed by atoms with Gasteiger partial charge in [0, 0.05) is 29.2 Å². The average Bonchev–Trinajstić information content (AvgIpc) is 2.76. The third-order valence-corrected chi connectivity index (χ3v) is 6.81. The van der Waals surface area contributed by atoms with Crippen LogP contribution in [-0.4, -0.2) is 45.3 Å². The van der Waals surface area contributed by atoms with Crippen LogP contribution < -0.4 is 14.4 Å². The number of benzene rings is 2. The number of hydrogen-bond donors (Lipinski definition) is 0. The maximum atomic E-state index is 6.19. The summed E-state index contributed by atoms with van der Waals surface area (Å²) >= 11 is 6.19. The molecule has 1 fully saturated rings. The summed E-state index contributed by atoms with van der Waals surface area (Å²) in [4.78, 5) is 4.88. The van der Waals surface area contributed by atoms with Crippen molar-refractivity contribution in [1.82, 2.24) is 4.90 Å². The van der Waals surface area contributed by atoms with Crippen LogP contribution in [-0.2, 0) is 5.54 Å². The summed E-state index contributed by atoms with van der Waals surface area (Å²) in [7, 11) is 6.13. The molecule has 0 amide bonds. The maximum absolute atomic E-state index is 6.19. The number of rotatable bonds is 8. The molecular weight excluding hydrogens is 396 g/mol. The zero-order chi connectivity index (χ0) is 21.7. The summed E-state index contributed by atoms with van der Waals surface area (Å²) in [5.74, 6) is 1.79. The zero-order valence-corrected chi connectivity index (χ0v) is 19.7. The monoisotopic (exact) mass is 430 g/mol. The summed E-state index contributed by atoms with van der Waals surface area (Å²) in [5, 5.41) is 0.706. The van der Waals surface area contributed by atoms with Crippen LogP contribution in [0.1, 0.15) is 45.1 Å². The van der Waals surface area contributed by atoms with Crippen LogP contribution in [0.25, 0.3) is 0 Å².